The van der Waals surface area contributed by atoms with Gasteiger partial charge in [-0.1, -0.05) is 0 Å². The fourth-order valence-electron chi connectivity index (χ4n) is 2.79. The van der Waals surface area contributed by atoms with E-state index in [0.717, 1.165) is 0 Å². The number of urea groups is 1. The van der Waals surface area contributed by atoms with Gasteiger partial charge < -0.3 is 15.1 Å². The van der Waals surface area contributed by atoms with Crippen LogP contribution in [0.25, 0.3) is 0 Å². The number of carbonyl (C=O) groups excluding carboxylic acids is 3. The highest BCUT2D eigenvalue weighted by Crippen LogP contribution is 2.26. The van der Waals surface area contributed by atoms with E-state index in [1.807, 2.05) is 0 Å². The summed E-state index contributed by atoms with van der Waals surface area (Å²) in [5.41, 5.74) is 0. The number of anilines is 1. The highest BCUT2D eigenvalue weighted by molar-refractivity contribution is 7.13. The second-order valence-corrected chi connectivity index (χ2v) is 6.58. The Labute approximate surface area is 138 Å². The van der Waals surface area contributed by atoms with E-state index in [0.29, 0.717) is 37.9 Å². The third-order valence-electron chi connectivity index (χ3n) is 4.13. The highest BCUT2D eigenvalue weighted by atomic mass is 32.1. The van der Waals surface area contributed by atoms with E-state index in [1.165, 1.54) is 11.3 Å². The maximum absolute atomic E-state index is 12.2. The molecule has 2 aliphatic heterocycles. The van der Waals surface area contributed by atoms with Gasteiger partial charge in [-0.3, -0.25) is 14.5 Å². The van der Waals surface area contributed by atoms with Gasteiger partial charge >= 0.3 is 6.03 Å². The number of amides is 4. The minimum atomic E-state index is -0.358. The zero-order valence-corrected chi connectivity index (χ0v) is 13.7. The van der Waals surface area contributed by atoms with Crippen molar-refractivity contribution in [1.82, 2.24) is 20.1 Å². The summed E-state index contributed by atoms with van der Waals surface area (Å²) in [5, 5.41) is 5.27. The normalized spacial score (nSPS) is 21.4. The number of hydrogen-bond donors (Lipinski definition) is 1. The molecule has 4 amide bonds. The number of nitrogens with one attached hydrogen (secondary N) is 1. The van der Waals surface area contributed by atoms with Gasteiger partial charge in [-0.15, -0.1) is 11.3 Å². The van der Waals surface area contributed by atoms with Crippen molar-refractivity contribution in [3.05, 3.63) is 11.6 Å². The number of aromatic nitrogens is 1. The number of nitrogens with zero attached hydrogens (tertiary/aromatic N) is 4. The molecule has 2 fully saturated rings. The summed E-state index contributed by atoms with van der Waals surface area (Å²) in [7, 11) is 1.76. The largest absolute Gasteiger partial charge is 0.354 e. The molecule has 1 unspecified atom stereocenters. The Balaban J connectivity index is 1.46. The van der Waals surface area contributed by atoms with E-state index in [-0.39, 0.29) is 30.2 Å². The Morgan fingerprint density at radius 1 is 1.43 bits per heavy atom. The minimum Gasteiger partial charge on any atom is -0.354 e. The van der Waals surface area contributed by atoms with Crippen molar-refractivity contribution < 1.29 is 14.4 Å². The van der Waals surface area contributed by atoms with Gasteiger partial charge in [-0.05, 0) is 0 Å². The fourth-order valence-corrected chi connectivity index (χ4v) is 3.46. The summed E-state index contributed by atoms with van der Waals surface area (Å²) in [6, 6.07) is -0.00904. The second kappa shape index (κ2) is 6.53. The lowest BCUT2D eigenvalue weighted by molar-refractivity contribution is -0.126. The smallest absolute Gasteiger partial charge is 0.319 e. The third kappa shape index (κ3) is 3.29. The molecule has 1 atom stereocenters. The van der Waals surface area contributed by atoms with E-state index >= 15 is 0 Å². The molecule has 8 nitrogen and oxygen atoms in total. The molecule has 0 radical (unpaired) electrons. The van der Waals surface area contributed by atoms with Gasteiger partial charge in [0.05, 0.1) is 5.92 Å². The van der Waals surface area contributed by atoms with Crippen molar-refractivity contribution in [2.24, 2.45) is 5.92 Å². The first-order chi connectivity index (χ1) is 11.1. The van der Waals surface area contributed by atoms with E-state index in [2.05, 4.69) is 10.3 Å². The first kappa shape index (κ1) is 15.7. The number of rotatable bonds is 5. The van der Waals surface area contributed by atoms with Crippen LogP contribution in [0.2, 0.25) is 0 Å². The van der Waals surface area contributed by atoms with Crippen LogP contribution in [-0.4, -0.2) is 72.4 Å². The summed E-state index contributed by atoms with van der Waals surface area (Å²) in [6.45, 7) is 2.66. The average Bonchev–Trinajstić information content (AvgIpc) is 3.23. The highest BCUT2D eigenvalue weighted by Gasteiger charge is 2.36. The Morgan fingerprint density at radius 3 is 2.91 bits per heavy atom. The van der Waals surface area contributed by atoms with Crippen molar-refractivity contribution in [3.63, 3.8) is 0 Å². The van der Waals surface area contributed by atoms with Gasteiger partial charge in [-0.25, -0.2) is 9.78 Å². The van der Waals surface area contributed by atoms with Crippen LogP contribution < -0.4 is 10.2 Å². The molecule has 0 spiro atoms. The Kier molecular flexibility index (Phi) is 4.46. The van der Waals surface area contributed by atoms with Gasteiger partial charge in [0.2, 0.25) is 11.8 Å². The summed E-state index contributed by atoms with van der Waals surface area (Å²) >= 11 is 1.39. The minimum absolute atomic E-state index is 0.00904. The van der Waals surface area contributed by atoms with Crippen molar-refractivity contribution in [2.75, 3.05) is 44.7 Å². The number of thiazole rings is 1. The molecule has 9 heteroatoms. The van der Waals surface area contributed by atoms with E-state index in [1.54, 1.807) is 33.3 Å². The van der Waals surface area contributed by atoms with E-state index < -0.39 is 0 Å². The fraction of sp³-hybridized carbons (Fsp3) is 0.571. The van der Waals surface area contributed by atoms with Crippen LogP contribution in [-0.2, 0) is 9.59 Å². The molecule has 2 aliphatic rings. The van der Waals surface area contributed by atoms with Crippen LogP contribution in [0.4, 0.5) is 9.93 Å². The molecule has 3 heterocycles. The van der Waals surface area contributed by atoms with E-state index in [9.17, 15) is 14.4 Å². The molecule has 124 valence electrons. The molecular formula is C14H19N5O3S. The second-order valence-electron chi connectivity index (χ2n) is 5.70. The standard InChI is InChI=1S/C14H19N5O3S/c1-17-5-6-18(14(17)22)4-2-15-12(21)10-8-11(20)19(9-10)13-16-3-7-23-13/h3,7,10H,2,4-6,8-9H2,1H3,(H,15,21). The molecule has 1 aromatic rings. The molecule has 1 aromatic heterocycles. The van der Waals surface area contributed by atoms with Crippen molar-refractivity contribution in [3.8, 4) is 0 Å². The number of likely N-dealkylation sites (N-methyl/N-ethyl adjacent to an activating group) is 1. The number of hydrogen-bond acceptors (Lipinski definition) is 5. The SMILES string of the molecule is CN1CCN(CCNC(=O)C2CC(=O)N(c3nccs3)C2)C1=O. The van der Waals surface area contributed by atoms with Gasteiger partial charge in [-0.2, -0.15) is 0 Å². The third-order valence-corrected chi connectivity index (χ3v) is 4.92. The van der Waals surface area contributed by atoms with Crippen LogP contribution in [0.3, 0.4) is 0 Å². The maximum Gasteiger partial charge on any atom is 0.319 e. The summed E-state index contributed by atoms with van der Waals surface area (Å²) < 4.78 is 0. The van der Waals surface area contributed by atoms with Crippen molar-refractivity contribution in [1.29, 1.82) is 0 Å². The molecule has 0 aromatic carbocycles. The van der Waals surface area contributed by atoms with Crippen LogP contribution in [0.15, 0.2) is 11.6 Å². The van der Waals surface area contributed by atoms with Crippen LogP contribution in [0, 0.1) is 5.92 Å². The lowest BCUT2D eigenvalue weighted by Gasteiger charge is -2.17. The predicted octanol–water partition coefficient (Wildman–Crippen LogP) is -0.0204. The number of carbonyl (C=O) groups is 3. The zero-order chi connectivity index (χ0) is 16.4. The Hall–Kier alpha value is -2.16. The Bertz CT molecular complexity index is 606. The molecule has 3 rings (SSSR count). The lowest BCUT2D eigenvalue weighted by Crippen LogP contribution is -2.39. The first-order valence-electron chi connectivity index (χ1n) is 7.54. The first-order valence-corrected chi connectivity index (χ1v) is 8.42. The lowest BCUT2D eigenvalue weighted by atomic mass is 10.1. The molecule has 1 N–H and O–H groups in total. The molecule has 0 saturated carbocycles. The monoisotopic (exact) mass is 337 g/mol. The summed E-state index contributed by atoms with van der Waals surface area (Å²) in [4.78, 5) is 45.0. The van der Waals surface area contributed by atoms with Crippen molar-refractivity contribution in [2.45, 2.75) is 6.42 Å². The molecular weight excluding hydrogens is 318 g/mol. The van der Waals surface area contributed by atoms with Crippen LogP contribution >= 0.6 is 11.3 Å². The predicted molar refractivity (Wildman–Crippen MR) is 85.2 cm³/mol. The van der Waals surface area contributed by atoms with Crippen LogP contribution in [0.1, 0.15) is 6.42 Å². The quantitative estimate of drug-likeness (QED) is 0.818. The average molecular weight is 337 g/mol. The Morgan fingerprint density at radius 2 is 2.26 bits per heavy atom. The van der Waals surface area contributed by atoms with Gasteiger partial charge in [0.1, 0.15) is 0 Å². The molecule has 2 saturated heterocycles. The molecule has 23 heavy (non-hydrogen) atoms. The summed E-state index contributed by atoms with van der Waals surface area (Å²) in [6.07, 6.45) is 1.85. The molecule has 0 bridgehead atoms. The maximum atomic E-state index is 12.2. The van der Waals surface area contributed by atoms with Gasteiger partial charge in [0.15, 0.2) is 5.13 Å². The van der Waals surface area contributed by atoms with Gasteiger partial charge in [0, 0.05) is 57.8 Å². The van der Waals surface area contributed by atoms with Crippen LogP contribution in [0.5, 0.6) is 0 Å². The molecule has 0 aliphatic carbocycles. The van der Waals surface area contributed by atoms with E-state index in [4.69, 9.17) is 0 Å². The topological polar surface area (TPSA) is 85.8 Å². The zero-order valence-electron chi connectivity index (χ0n) is 12.9. The van der Waals surface area contributed by atoms with Gasteiger partial charge in [0.25, 0.3) is 0 Å². The summed E-state index contributed by atoms with van der Waals surface area (Å²) in [5.74, 6) is -0.572. The van der Waals surface area contributed by atoms with Crippen molar-refractivity contribution >= 4 is 34.3 Å².